The van der Waals surface area contributed by atoms with Crippen LogP contribution in [0.5, 0.6) is 0 Å². The van der Waals surface area contributed by atoms with E-state index in [9.17, 15) is 0 Å². The van der Waals surface area contributed by atoms with E-state index in [-0.39, 0.29) is 25.8 Å². The molecule has 0 saturated carbocycles. The van der Waals surface area contributed by atoms with E-state index in [0.717, 1.165) is 0 Å². The van der Waals surface area contributed by atoms with Crippen molar-refractivity contribution in [1.29, 1.82) is 0 Å². The van der Waals surface area contributed by atoms with Gasteiger partial charge in [-0.3, -0.25) is 0 Å². The quantitative estimate of drug-likeness (QED) is 0.407. The van der Waals surface area contributed by atoms with Crippen molar-refractivity contribution in [1.82, 2.24) is 0 Å². The van der Waals surface area contributed by atoms with Crippen LogP contribution in [0.1, 0.15) is 83.1 Å². The van der Waals surface area contributed by atoms with E-state index in [2.05, 4.69) is 0 Å². The van der Waals surface area contributed by atoms with Crippen molar-refractivity contribution in [2.45, 2.75) is 105 Å². The molecule has 0 spiro atoms. The molecular weight excluding hydrogens is 435 g/mol. The Morgan fingerprint density at radius 3 is 0.333 bits per heavy atom. The van der Waals surface area contributed by atoms with Gasteiger partial charge in [0.15, 0.2) is 0 Å². The Morgan fingerprint density at radius 1 is 0.333 bits per heavy atom. The molecule has 5 heteroatoms. The van der Waals surface area contributed by atoms with Crippen LogP contribution in [0.4, 0.5) is 0 Å². The monoisotopic (exact) mass is 476 g/mol. The second-order valence-electron chi connectivity index (χ2n) is 8.68. The number of aliphatic hydroxyl groups is 4. The van der Waals surface area contributed by atoms with E-state index >= 15 is 0 Å². The van der Waals surface area contributed by atoms with Crippen LogP contribution in [0, 0.1) is 0 Å². The minimum absolute atomic E-state index is 0. The smallest absolute Gasteiger partial charge is 0.0563 e. The molecule has 0 aliphatic rings. The van der Waals surface area contributed by atoms with E-state index < -0.39 is 22.4 Å². The van der Waals surface area contributed by atoms with Crippen LogP contribution < -0.4 is 0 Å². The van der Waals surface area contributed by atoms with Crippen molar-refractivity contribution in [2.24, 2.45) is 0 Å². The van der Waals surface area contributed by atoms with Gasteiger partial charge in [-0.25, -0.2) is 0 Å². The number of rotatable bonds is 0. The number of hydrogen-bond acceptors (Lipinski definition) is 4. The second kappa shape index (κ2) is 13.2. The minimum atomic E-state index is -0.500. The average Bonchev–Trinajstić information content (AvgIpc) is 1.62. The summed E-state index contributed by atoms with van der Waals surface area (Å²) in [7, 11) is 0. The molecule has 0 atom stereocenters. The first-order chi connectivity index (χ1) is 8.00. The van der Waals surface area contributed by atoms with Crippen molar-refractivity contribution >= 4 is 0 Å². The van der Waals surface area contributed by atoms with Gasteiger partial charge in [-0.2, -0.15) is 0 Å². The van der Waals surface area contributed by atoms with Gasteiger partial charge in [-0.05, 0) is 83.1 Å². The Bertz CT molecular complexity index is 130. The Labute approximate surface area is 151 Å². The molecular formula is C16H40HfO4. The van der Waals surface area contributed by atoms with Gasteiger partial charge in [0.25, 0.3) is 0 Å². The molecule has 0 aliphatic carbocycles. The first kappa shape index (κ1) is 33.3. The topological polar surface area (TPSA) is 80.9 Å². The van der Waals surface area contributed by atoms with Crippen molar-refractivity contribution in [3.8, 4) is 0 Å². The first-order valence-electron chi connectivity index (χ1n) is 6.89. The van der Waals surface area contributed by atoms with Gasteiger partial charge in [-0.15, -0.1) is 0 Å². The standard InChI is InChI=1S/4C4H10O.Hf/c4*1-4(2,3)5;/h4*5H,1-3H3;. The van der Waals surface area contributed by atoms with E-state index in [1.165, 1.54) is 0 Å². The summed E-state index contributed by atoms with van der Waals surface area (Å²) in [5.41, 5.74) is -2.00. The maximum atomic E-state index is 8.52. The third kappa shape index (κ3) is 14400. The molecule has 0 aliphatic heterocycles. The van der Waals surface area contributed by atoms with Crippen LogP contribution in [0.15, 0.2) is 0 Å². The molecule has 4 nitrogen and oxygen atoms in total. The maximum absolute atomic E-state index is 8.52. The summed E-state index contributed by atoms with van der Waals surface area (Å²) < 4.78 is 0. The number of hydrogen-bond donors (Lipinski definition) is 4. The van der Waals surface area contributed by atoms with Crippen LogP contribution in [0.25, 0.3) is 0 Å². The van der Waals surface area contributed by atoms with Gasteiger partial charge in [0, 0.05) is 25.8 Å². The molecule has 132 valence electrons. The zero-order valence-corrected chi connectivity index (χ0v) is 19.9. The summed E-state index contributed by atoms with van der Waals surface area (Å²) in [4.78, 5) is 0. The zero-order valence-electron chi connectivity index (χ0n) is 16.3. The zero-order chi connectivity index (χ0) is 18.0. The largest absolute Gasteiger partial charge is 0.391 e. The third-order valence-corrected chi connectivity index (χ3v) is 0. The molecule has 4 N–H and O–H groups in total. The van der Waals surface area contributed by atoms with Crippen molar-refractivity contribution in [3.63, 3.8) is 0 Å². The molecule has 0 aromatic rings. The predicted molar refractivity (Wildman–Crippen MR) is 87.9 cm³/mol. The molecule has 0 bridgehead atoms. The summed E-state index contributed by atoms with van der Waals surface area (Å²) in [6, 6.07) is 0. The summed E-state index contributed by atoms with van der Waals surface area (Å²) >= 11 is 0. The molecule has 0 saturated heterocycles. The van der Waals surface area contributed by atoms with Gasteiger partial charge in [0.2, 0.25) is 0 Å². The normalized spacial score (nSPS) is 11.4. The van der Waals surface area contributed by atoms with Gasteiger partial charge in [-0.1, -0.05) is 0 Å². The van der Waals surface area contributed by atoms with Crippen molar-refractivity contribution in [2.75, 3.05) is 0 Å². The third-order valence-electron chi connectivity index (χ3n) is 0. The van der Waals surface area contributed by atoms with Crippen LogP contribution in [-0.4, -0.2) is 42.8 Å². The molecule has 0 amide bonds. The second-order valence-corrected chi connectivity index (χ2v) is 8.68. The molecule has 0 rings (SSSR count). The fraction of sp³-hybridized carbons (Fsp3) is 1.00. The van der Waals surface area contributed by atoms with E-state index in [4.69, 9.17) is 20.4 Å². The first-order valence-corrected chi connectivity index (χ1v) is 6.89. The molecule has 0 heterocycles. The minimum Gasteiger partial charge on any atom is -0.391 e. The van der Waals surface area contributed by atoms with Crippen LogP contribution in [-0.2, 0) is 25.8 Å². The van der Waals surface area contributed by atoms with Crippen LogP contribution in [0.3, 0.4) is 0 Å². The predicted octanol–water partition coefficient (Wildman–Crippen LogP) is 3.11. The summed E-state index contributed by atoms with van der Waals surface area (Å²) in [6.45, 7) is 20.9. The van der Waals surface area contributed by atoms with Crippen LogP contribution >= 0.6 is 0 Å². The fourth-order valence-corrected chi connectivity index (χ4v) is 0. The van der Waals surface area contributed by atoms with Crippen molar-refractivity contribution in [3.05, 3.63) is 0 Å². The van der Waals surface area contributed by atoms with Crippen LogP contribution in [0.2, 0.25) is 0 Å². The van der Waals surface area contributed by atoms with E-state index in [1.807, 2.05) is 0 Å². The fourth-order valence-electron chi connectivity index (χ4n) is 0. The molecule has 0 aromatic carbocycles. The average molecular weight is 475 g/mol. The molecule has 0 radical (unpaired) electrons. The summed E-state index contributed by atoms with van der Waals surface area (Å²) in [6.07, 6.45) is 0. The summed E-state index contributed by atoms with van der Waals surface area (Å²) in [5.74, 6) is 0. The SMILES string of the molecule is CC(C)(C)O.CC(C)(C)O.CC(C)(C)O.CC(C)(C)O.[Hf]. The molecule has 0 fully saturated rings. The molecule has 0 unspecified atom stereocenters. The Balaban J connectivity index is -0.0000000533. The molecule has 21 heavy (non-hydrogen) atoms. The Hall–Kier alpha value is 0.710. The summed E-state index contributed by atoms with van der Waals surface area (Å²) in [5, 5.41) is 34.1. The van der Waals surface area contributed by atoms with Gasteiger partial charge < -0.3 is 20.4 Å². The van der Waals surface area contributed by atoms with E-state index in [0.29, 0.717) is 0 Å². The Morgan fingerprint density at radius 2 is 0.333 bits per heavy atom. The Kier molecular flexibility index (Phi) is 20.9. The van der Waals surface area contributed by atoms with Gasteiger partial charge in [0.1, 0.15) is 0 Å². The van der Waals surface area contributed by atoms with Crippen molar-refractivity contribution < 1.29 is 46.3 Å². The van der Waals surface area contributed by atoms with E-state index in [1.54, 1.807) is 83.1 Å². The maximum Gasteiger partial charge on any atom is 0.0563 e. The van der Waals surface area contributed by atoms with Gasteiger partial charge in [0.05, 0.1) is 22.4 Å². The van der Waals surface area contributed by atoms with Gasteiger partial charge >= 0.3 is 0 Å². The molecule has 0 aromatic heterocycles.